The number of hydrogen-bond donors (Lipinski definition) is 0. The van der Waals surface area contributed by atoms with Crippen molar-refractivity contribution in [3.05, 3.63) is 17.2 Å². The fourth-order valence-corrected chi connectivity index (χ4v) is 1.50. The van der Waals surface area contributed by atoms with Gasteiger partial charge in [-0.2, -0.15) is 4.98 Å². The van der Waals surface area contributed by atoms with Crippen molar-refractivity contribution in [2.24, 2.45) is 0 Å². The number of ether oxygens (including phenoxy) is 4. The highest BCUT2D eigenvalue weighted by Crippen LogP contribution is 2.26. The smallest absolute Gasteiger partial charge is 0.343 e. The first-order chi connectivity index (χ1) is 9.58. The second kappa shape index (κ2) is 7.32. The molecule has 0 aliphatic heterocycles. The molecule has 1 aromatic heterocycles. The molecule has 0 bridgehead atoms. The van der Waals surface area contributed by atoms with Crippen LogP contribution in [-0.4, -0.2) is 44.4 Å². The first-order valence-electron chi connectivity index (χ1n) is 6.06. The minimum absolute atomic E-state index is 0.0216. The molecule has 0 aromatic carbocycles. The van der Waals surface area contributed by atoms with Crippen molar-refractivity contribution in [2.45, 2.75) is 13.8 Å². The van der Waals surface area contributed by atoms with Crippen molar-refractivity contribution in [2.75, 3.05) is 27.4 Å². The van der Waals surface area contributed by atoms with Crippen molar-refractivity contribution in [1.29, 1.82) is 0 Å². The predicted molar refractivity (Wildman–Crippen MR) is 69.3 cm³/mol. The van der Waals surface area contributed by atoms with E-state index in [0.717, 1.165) is 0 Å². The fourth-order valence-electron chi connectivity index (χ4n) is 1.50. The fraction of sp³-hybridized carbons (Fsp3) is 0.462. The van der Waals surface area contributed by atoms with E-state index in [9.17, 15) is 9.59 Å². The number of esters is 2. The quantitative estimate of drug-likeness (QED) is 0.730. The molecule has 0 saturated carbocycles. The number of carbonyl (C=O) groups is 2. The highest BCUT2D eigenvalue weighted by molar-refractivity contribution is 5.98. The molecule has 0 N–H and O–H groups in total. The summed E-state index contributed by atoms with van der Waals surface area (Å²) in [6, 6.07) is 1.29. The van der Waals surface area contributed by atoms with Crippen molar-refractivity contribution < 1.29 is 28.5 Å². The third kappa shape index (κ3) is 3.37. The standard InChI is InChI=1S/C13H17NO6/c1-5-19-12(15)8-7-9(13(16)20-6-2)11(18-4)14-10(8)17-3/h7H,5-6H2,1-4H3. The van der Waals surface area contributed by atoms with Crippen LogP contribution in [0.25, 0.3) is 0 Å². The van der Waals surface area contributed by atoms with Gasteiger partial charge in [0.1, 0.15) is 11.1 Å². The van der Waals surface area contributed by atoms with Gasteiger partial charge >= 0.3 is 11.9 Å². The molecular weight excluding hydrogens is 266 g/mol. The second-order valence-corrected chi connectivity index (χ2v) is 3.54. The van der Waals surface area contributed by atoms with E-state index in [4.69, 9.17) is 18.9 Å². The van der Waals surface area contributed by atoms with Crippen LogP contribution in [0.2, 0.25) is 0 Å². The summed E-state index contributed by atoms with van der Waals surface area (Å²) in [6.45, 7) is 3.74. The van der Waals surface area contributed by atoms with Crippen molar-refractivity contribution in [3.63, 3.8) is 0 Å². The van der Waals surface area contributed by atoms with Gasteiger partial charge < -0.3 is 18.9 Å². The first kappa shape index (κ1) is 15.7. The second-order valence-electron chi connectivity index (χ2n) is 3.54. The van der Waals surface area contributed by atoms with E-state index in [1.807, 2.05) is 0 Å². The Bertz CT molecular complexity index is 459. The number of nitrogens with zero attached hydrogens (tertiary/aromatic N) is 1. The van der Waals surface area contributed by atoms with Gasteiger partial charge in [-0.3, -0.25) is 0 Å². The third-order valence-corrected chi connectivity index (χ3v) is 2.33. The van der Waals surface area contributed by atoms with E-state index in [2.05, 4.69) is 4.98 Å². The van der Waals surface area contributed by atoms with E-state index in [1.165, 1.54) is 20.3 Å². The van der Waals surface area contributed by atoms with Crippen LogP contribution in [0.15, 0.2) is 6.07 Å². The zero-order valence-electron chi connectivity index (χ0n) is 11.9. The Kier molecular flexibility index (Phi) is 5.76. The van der Waals surface area contributed by atoms with Gasteiger partial charge in [-0.05, 0) is 19.9 Å². The molecule has 0 aliphatic rings. The molecule has 7 heteroatoms. The molecule has 0 radical (unpaired) electrons. The topological polar surface area (TPSA) is 84.0 Å². The Hall–Kier alpha value is -2.31. The Morgan fingerprint density at radius 3 is 1.65 bits per heavy atom. The summed E-state index contributed by atoms with van der Waals surface area (Å²) in [6.07, 6.45) is 0. The number of aromatic nitrogens is 1. The van der Waals surface area contributed by atoms with E-state index >= 15 is 0 Å². The number of pyridine rings is 1. The van der Waals surface area contributed by atoms with Gasteiger partial charge in [0.2, 0.25) is 11.8 Å². The summed E-state index contributed by atoms with van der Waals surface area (Å²) in [5.74, 6) is -1.23. The Balaban J connectivity index is 3.32. The summed E-state index contributed by atoms with van der Waals surface area (Å²) in [7, 11) is 2.71. The number of rotatable bonds is 6. The van der Waals surface area contributed by atoms with Gasteiger partial charge in [-0.25, -0.2) is 9.59 Å². The van der Waals surface area contributed by atoms with Gasteiger partial charge in [0.05, 0.1) is 27.4 Å². The first-order valence-corrected chi connectivity index (χ1v) is 6.06. The lowest BCUT2D eigenvalue weighted by Crippen LogP contribution is -2.13. The Morgan fingerprint density at radius 1 is 0.950 bits per heavy atom. The summed E-state index contributed by atoms with van der Waals surface area (Å²) in [5, 5.41) is 0. The van der Waals surface area contributed by atoms with Crippen LogP contribution < -0.4 is 9.47 Å². The van der Waals surface area contributed by atoms with Gasteiger partial charge in [0.25, 0.3) is 0 Å². The molecule has 1 heterocycles. The molecule has 20 heavy (non-hydrogen) atoms. The van der Waals surface area contributed by atoms with Crippen LogP contribution in [0.5, 0.6) is 11.8 Å². The normalized spacial score (nSPS) is 9.80. The van der Waals surface area contributed by atoms with Crippen LogP contribution in [0, 0.1) is 0 Å². The summed E-state index contributed by atoms with van der Waals surface area (Å²) < 4.78 is 19.8. The van der Waals surface area contributed by atoms with Gasteiger partial charge in [-0.15, -0.1) is 0 Å². The lowest BCUT2D eigenvalue weighted by atomic mass is 10.2. The maximum atomic E-state index is 11.8. The third-order valence-electron chi connectivity index (χ3n) is 2.33. The molecule has 0 fully saturated rings. The minimum atomic E-state index is -0.634. The average Bonchev–Trinajstić information content (AvgIpc) is 2.46. The van der Waals surface area contributed by atoms with Crippen molar-refractivity contribution in [3.8, 4) is 11.8 Å². The molecule has 1 rings (SSSR count). The maximum Gasteiger partial charge on any atom is 0.343 e. The highest BCUT2D eigenvalue weighted by Gasteiger charge is 2.23. The molecular formula is C13H17NO6. The molecule has 0 aliphatic carbocycles. The molecule has 0 saturated heterocycles. The van der Waals surface area contributed by atoms with Crippen LogP contribution in [0.3, 0.4) is 0 Å². The SMILES string of the molecule is CCOC(=O)c1cc(C(=O)OCC)c(OC)nc1OC. The molecule has 110 valence electrons. The van der Waals surface area contributed by atoms with E-state index in [1.54, 1.807) is 13.8 Å². The van der Waals surface area contributed by atoms with Gasteiger partial charge in [-0.1, -0.05) is 0 Å². The average molecular weight is 283 g/mol. The lowest BCUT2D eigenvalue weighted by Gasteiger charge is -2.12. The highest BCUT2D eigenvalue weighted by atomic mass is 16.5. The predicted octanol–water partition coefficient (Wildman–Crippen LogP) is 1.45. The van der Waals surface area contributed by atoms with Gasteiger partial charge in [0, 0.05) is 0 Å². The molecule has 1 aromatic rings. The lowest BCUT2D eigenvalue weighted by molar-refractivity contribution is 0.0518. The van der Waals surface area contributed by atoms with Crippen molar-refractivity contribution in [1.82, 2.24) is 4.98 Å². The van der Waals surface area contributed by atoms with E-state index in [0.29, 0.717) is 0 Å². The number of methoxy groups -OCH3 is 2. The van der Waals surface area contributed by atoms with Gasteiger partial charge in [0.15, 0.2) is 0 Å². The molecule has 0 amide bonds. The zero-order chi connectivity index (χ0) is 15.1. The van der Waals surface area contributed by atoms with Crippen LogP contribution in [0.1, 0.15) is 34.6 Å². The van der Waals surface area contributed by atoms with Crippen LogP contribution in [-0.2, 0) is 9.47 Å². The summed E-state index contributed by atoms with van der Waals surface area (Å²) >= 11 is 0. The Labute approximate surface area is 116 Å². The largest absolute Gasteiger partial charge is 0.480 e. The molecule has 0 spiro atoms. The molecule has 0 unspecified atom stereocenters. The van der Waals surface area contributed by atoms with Crippen LogP contribution in [0.4, 0.5) is 0 Å². The van der Waals surface area contributed by atoms with E-state index < -0.39 is 11.9 Å². The summed E-state index contributed by atoms with van der Waals surface area (Å²) in [5.41, 5.74) is 0.0800. The summed E-state index contributed by atoms with van der Waals surface area (Å²) in [4.78, 5) is 27.6. The number of hydrogen-bond acceptors (Lipinski definition) is 7. The minimum Gasteiger partial charge on any atom is -0.480 e. The Morgan fingerprint density at radius 2 is 1.35 bits per heavy atom. The maximum absolute atomic E-state index is 11.8. The zero-order valence-corrected chi connectivity index (χ0v) is 11.9. The molecule has 7 nitrogen and oxygen atoms in total. The van der Waals surface area contributed by atoms with E-state index in [-0.39, 0.29) is 36.1 Å². The number of carbonyl (C=O) groups excluding carboxylic acids is 2. The van der Waals surface area contributed by atoms with Crippen LogP contribution >= 0.6 is 0 Å². The van der Waals surface area contributed by atoms with Crippen molar-refractivity contribution >= 4 is 11.9 Å². The monoisotopic (exact) mass is 283 g/mol. The molecule has 0 atom stereocenters.